The highest BCUT2D eigenvalue weighted by molar-refractivity contribution is 4.71. The van der Waals surface area contributed by atoms with Crippen molar-refractivity contribution in [2.24, 2.45) is 17.6 Å². The van der Waals surface area contributed by atoms with Crippen molar-refractivity contribution in [1.29, 1.82) is 0 Å². The summed E-state index contributed by atoms with van der Waals surface area (Å²) < 4.78 is 0. The van der Waals surface area contributed by atoms with Crippen LogP contribution < -0.4 is 11.1 Å². The molecular formula is C12H27N3. The third-order valence-electron chi connectivity index (χ3n) is 3.35. The molecule has 90 valence electrons. The summed E-state index contributed by atoms with van der Waals surface area (Å²) in [5, 5.41) is 3.50. The van der Waals surface area contributed by atoms with E-state index in [1.807, 2.05) is 0 Å². The van der Waals surface area contributed by atoms with Gasteiger partial charge in [-0.25, -0.2) is 0 Å². The van der Waals surface area contributed by atoms with Crippen LogP contribution in [0.25, 0.3) is 0 Å². The first-order chi connectivity index (χ1) is 7.22. The van der Waals surface area contributed by atoms with Crippen LogP contribution in [-0.2, 0) is 0 Å². The van der Waals surface area contributed by atoms with Crippen molar-refractivity contribution in [3.05, 3.63) is 0 Å². The van der Waals surface area contributed by atoms with Gasteiger partial charge in [-0.3, -0.25) is 0 Å². The number of hydrogen-bond acceptors (Lipinski definition) is 3. The van der Waals surface area contributed by atoms with Gasteiger partial charge in [0.15, 0.2) is 0 Å². The van der Waals surface area contributed by atoms with E-state index in [1.54, 1.807) is 0 Å². The number of nitrogens with zero attached hydrogens (tertiary/aromatic N) is 1. The van der Waals surface area contributed by atoms with E-state index in [2.05, 4.69) is 24.2 Å². The van der Waals surface area contributed by atoms with E-state index < -0.39 is 0 Å². The first-order valence-electron chi connectivity index (χ1n) is 6.31. The molecule has 1 aliphatic heterocycles. The molecule has 3 N–H and O–H groups in total. The summed E-state index contributed by atoms with van der Waals surface area (Å²) in [6.45, 7) is 7.78. The number of hydrogen-bond donors (Lipinski definition) is 2. The van der Waals surface area contributed by atoms with Gasteiger partial charge >= 0.3 is 0 Å². The zero-order chi connectivity index (χ0) is 11.1. The van der Waals surface area contributed by atoms with E-state index in [0.29, 0.717) is 5.92 Å². The first-order valence-corrected chi connectivity index (χ1v) is 6.31. The van der Waals surface area contributed by atoms with E-state index in [1.165, 1.54) is 32.4 Å². The maximum atomic E-state index is 5.57. The molecule has 3 heteroatoms. The van der Waals surface area contributed by atoms with Crippen LogP contribution in [0, 0.1) is 11.8 Å². The lowest BCUT2D eigenvalue weighted by molar-refractivity contribution is 0.201. The van der Waals surface area contributed by atoms with E-state index in [0.717, 1.165) is 25.6 Å². The fraction of sp³-hybridized carbons (Fsp3) is 1.00. The second kappa shape index (κ2) is 7.20. The minimum atomic E-state index is 0.610. The van der Waals surface area contributed by atoms with Crippen molar-refractivity contribution < 1.29 is 0 Å². The van der Waals surface area contributed by atoms with Gasteiger partial charge in [0, 0.05) is 6.54 Å². The molecule has 0 saturated carbocycles. The van der Waals surface area contributed by atoms with Crippen LogP contribution in [0.1, 0.15) is 26.2 Å². The van der Waals surface area contributed by atoms with Crippen LogP contribution >= 0.6 is 0 Å². The minimum Gasteiger partial charge on any atom is -0.330 e. The van der Waals surface area contributed by atoms with Gasteiger partial charge in [0.1, 0.15) is 0 Å². The predicted octanol–water partition coefficient (Wildman–Crippen LogP) is 0.903. The number of rotatable bonds is 6. The van der Waals surface area contributed by atoms with Crippen molar-refractivity contribution in [2.75, 3.05) is 39.8 Å². The van der Waals surface area contributed by atoms with Gasteiger partial charge in [0.05, 0.1) is 0 Å². The summed E-state index contributed by atoms with van der Waals surface area (Å²) in [6.07, 6.45) is 4.11. The highest BCUT2D eigenvalue weighted by atomic mass is 15.1. The lowest BCUT2D eigenvalue weighted by Crippen LogP contribution is -2.34. The van der Waals surface area contributed by atoms with Crippen molar-refractivity contribution in [1.82, 2.24) is 10.2 Å². The van der Waals surface area contributed by atoms with Crippen LogP contribution in [0.5, 0.6) is 0 Å². The largest absolute Gasteiger partial charge is 0.330 e. The zero-order valence-electron chi connectivity index (χ0n) is 10.3. The molecule has 3 nitrogen and oxygen atoms in total. The zero-order valence-corrected chi connectivity index (χ0v) is 10.3. The molecule has 0 aliphatic carbocycles. The molecule has 1 saturated heterocycles. The molecule has 15 heavy (non-hydrogen) atoms. The average molecular weight is 213 g/mol. The molecule has 1 fully saturated rings. The summed E-state index contributed by atoms with van der Waals surface area (Å²) in [6, 6.07) is 0. The van der Waals surface area contributed by atoms with Crippen molar-refractivity contribution in [3.8, 4) is 0 Å². The molecule has 1 heterocycles. The Balaban J connectivity index is 1.99. The topological polar surface area (TPSA) is 41.3 Å². The van der Waals surface area contributed by atoms with Crippen LogP contribution in [0.15, 0.2) is 0 Å². The SMILES string of the molecule is CC(CN)CNCCC1CCCN(C)C1. The monoisotopic (exact) mass is 213 g/mol. The minimum absolute atomic E-state index is 0.610. The Labute approximate surface area is 94.4 Å². The Morgan fingerprint density at radius 2 is 2.33 bits per heavy atom. The Bertz CT molecular complexity index is 161. The Morgan fingerprint density at radius 1 is 1.53 bits per heavy atom. The van der Waals surface area contributed by atoms with Crippen LogP contribution in [0.2, 0.25) is 0 Å². The Hall–Kier alpha value is -0.120. The second-order valence-corrected chi connectivity index (χ2v) is 5.10. The molecule has 0 aromatic carbocycles. The van der Waals surface area contributed by atoms with Gasteiger partial charge in [0.25, 0.3) is 0 Å². The summed E-state index contributed by atoms with van der Waals surface area (Å²) >= 11 is 0. The molecule has 0 bridgehead atoms. The summed E-state index contributed by atoms with van der Waals surface area (Å²) in [7, 11) is 2.23. The number of piperidine rings is 1. The lowest BCUT2D eigenvalue weighted by Gasteiger charge is -2.29. The van der Waals surface area contributed by atoms with Gasteiger partial charge in [-0.05, 0) is 64.3 Å². The number of nitrogens with one attached hydrogen (secondary N) is 1. The van der Waals surface area contributed by atoms with E-state index >= 15 is 0 Å². The van der Waals surface area contributed by atoms with Gasteiger partial charge in [-0.15, -0.1) is 0 Å². The molecule has 1 aliphatic rings. The quantitative estimate of drug-likeness (QED) is 0.644. The molecular weight excluding hydrogens is 186 g/mol. The van der Waals surface area contributed by atoms with Crippen LogP contribution in [-0.4, -0.2) is 44.7 Å². The van der Waals surface area contributed by atoms with Crippen molar-refractivity contribution >= 4 is 0 Å². The molecule has 0 radical (unpaired) electrons. The molecule has 0 aromatic rings. The normalized spacial score (nSPS) is 25.4. The summed E-state index contributed by atoms with van der Waals surface area (Å²) in [5.41, 5.74) is 5.57. The second-order valence-electron chi connectivity index (χ2n) is 5.10. The molecule has 0 spiro atoms. The summed E-state index contributed by atoms with van der Waals surface area (Å²) in [4.78, 5) is 2.46. The van der Waals surface area contributed by atoms with Crippen molar-refractivity contribution in [2.45, 2.75) is 26.2 Å². The Morgan fingerprint density at radius 3 is 3.00 bits per heavy atom. The van der Waals surface area contributed by atoms with Gasteiger partial charge in [-0.2, -0.15) is 0 Å². The Kier molecular flexibility index (Phi) is 6.22. The summed E-state index contributed by atoms with van der Waals surface area (Å²) in [5.74, 6) is 1.52. The fourth-order valence-electron chi connectivity index (χ4n) is 2.25. The maximum absolute atomic E-state index is 5.57. The van der Waals surface area contributed by atoms with Crippen molar-refractivity contribution in [3.63, 3.8) is 0 Å². The van der Waals surface area contributed by atoms with E-state index in [9.17, 15) is 0 Å². The molecule has 0 aromatic heterocycles. The third kappa shape index (κ3) is 5.50. The molecule has 2 unspecified atom stereocenters. The average Bonchev–Trinajstić information content (AvgIpc) is 2.24. The predicted molar refractivity (Wildman–Crippen MR) is 65.9 cm³/mol. The smallest absolute Gasteiger partial charge is 0.000709 e. The molecule has 2 atom stereocenters. The van der Waals surface area contributed by atoms with E-state index in [4.69, 9.17) is 5.73 Å². The van der Waals surface area contributed by atoms with Gasteiger partial charge in [0.2, 0.25) is 0 Å². The van der Waals surface area contributed by atoms with Gasteiger partial charge in [-0.1, -0.05) is 6.92 Å². The fourth-order valence-corrected chi connectivity index (χ4v) is 2.25. The maximum Gasteiger partial charge on any atom is 0.000709 e. The highest BCUT2D eigenvalue weighted by Gasteiger charge is 2.16. The highest BCUT2D eigenvalue weighted by Crippen LogP contribution is 2.17. The van der Waals surface area contributed by atoms with E-state index in [-0.39, 0.29) is 0 Å². The standard InChI is InChI=1S/C12H27N3/c1-11(8-13)9-14-6-5-12-4-3-7-15(2)10-12/h11-12,14H,3-10,13H2,1-2H3. The first kappa shape index (κ1) is 12.9. The lowest BCUT2D eigenvalue weighted by atomic mass is 9.95. The van der Waals surface area contributed by atoms with Gasteiger partial charge < -0.3 is 16.0 Å². The molecule has 1 rings (SSSR count). The van der Waals surface area contributed by atoms with Crippen LogP contribution in [0.3, 0.4) is 0 Å². The van der Waals surface area contributed by atoms with Crippen LogP contribution in [0.4, 0.5) is 0 Å². The number of likely N-dealkylation sites (tertiary alicyclic amines) is 1. The third-order valence-corrected chi connectivity index (χ3v) is 3.35. The molecule has 0 amide bonds. The number of nitrogens with two attached hydrogens (primary N) is 1.